The van der Waals surface area contributed by atoms with E-state index in [4.69, 9.17) is 10.2 Å². The number of carbonyl (C=O) groups is 3. The normalized spacial score (nSPS) is 18.9. The van der Waals surface area contributed by atoms with Gasteiger partial charge >= 0.3 is 0 Å². The molecular formula is C20H23N5O4. The smallest absolute Gasteiger partial charge is 0.255 e. The van der Waals surface area contributed by atoms with E-state index in [9.17, 15) is 14.4 Å². The lowest BCUT2D eigenvalue weighted by molar-refractivity contribution is -0.136. The minimum atomic E-state index is -0.609. The van der Waals surface area contributed by atoms with Crippen molar-refractivity contribution in [1.29, 1.82) is 0 Å². The molecule has 2 aliphatic rings. The molecule has 0 saturated carbocycles. The number of aromatic nitrogens is 1. The molecule has 0 bridgehead atoms. The maximum absolute atomic E-state index is 13.1. The van der Waals surface area contributed by atoms with E-state index in [0.29, 0.717) is 44.6 Å². The van der Waals surface area contributed by atoms with Crippen molar-refractivity contribution < 1.29 is 18.8 Å². The van der Waals surface area contributed by atoms with E-state index in [-0.39, 0.29) is 18.2 Å². The first-order chi connectivity index (χ1) is 14.1. The zero-order valence-electron chi connectivity index (χ0n) is 15.9. The van der Waals surface area contributed by atoms with Gasteiger partial charge in [-0.2, -0.15) is 0 Å². The molecule has 0 spiro atoms. The molecule has 3 heterocycles. The summed E-state index contributed by atoms with van der Waals surface area (Å²) in [6, 6.07) is 5.11. The Balaban J connectivity index is 1.45. The molecule has 4 N–H and O–H groups in total. The van der Waals surface area contributed by atoms with Crippen LogP contribution in [-0.2, 0) is 35.6 Å². The first-order valence-corrected chi connectivity index (χ1v) is 9.66. The van der Waals surface area contributed by atoms with Gasteiger partial charge in [-0.15, -0.1) is 0 Å². The highest BCUT2D eigenvalue weighted by atomic mass is 16.3. The highest BCUT2D eigenvalue weighted by molar-refractivity contribution is 6.05. The molecule has 9 nitrogen and oxygen atoms in total. The second-order valence-corrected chi connectivity index (χ2v) is 7.22. The molecule has 2 aromatic rings. The fourth-order valence-corrected chi connectivity index (χ4v) is 3.92. The lowest BCUT2D eigenvalue weighted by Gasteiger charge is -2.29. The second kappa shape index (κ2) is 8.14. The molecule has 2 aliphatic heterocycles. The SMILES string of the molecule is NCCc1ocnc1CNCc1cccc2c1C(=O)N(C1CCC(=O)NC1=O)C2. The molecule has 0 radical (unpaired) electrons. The van der Waals surface area contributed by atoms with E-state index in [1.807, 2.05) is 18.2 Å². The molecule has 4 rings (SSSR count). The third-order valence-electron chi connectivity index (χ3n) is 5.34. The topological polar surface area (TPSA) is 131 Å². The number of hydrogen-bond donors (Lipinski definition) is 3. The van der Waals surface area contributed by atoms with Gasteiger partial charge in [-0.25, -0.2) is 4.98 Å². The Kier molecular flexibility index (Phi) is 5.41. The Labute approximate surface area is 167 Å². The number of amides is 3. The second-order valence-electron chi connectivity index (χ2n) is 7.22. The van der Waals surface area contributed by atoms with Crippen LogP contribution >= 0.6 is 0 Å². The molecule has 9 heteroatoms. The van der Waals surface area contributed by atoms with Crippen molar-refractivity contribution in [3.63, 3.8) is 0 Å². The molecule has 1 saturated heterocycles. The van der Waals surface area contributed by atoms with Crippen LogP contribution in [-0.4, -0.2) is 40.2 Å². The van der Waals surface area contributed by atoms with Gasteiger partial charge in [0.25, 0.3) is 5.91 Å². The first kappa shape index (κ1) is 19.3. The van der Waals surface area contributed by atoms with Crippen molar-refractivity contribution in [3.8, 4) is 0 Å². The largest absolute Gasteiger partial charge is 0.448 e. The lowest BCUT2D eigenvalue weighted by Crippen LogP contribution is -2.52. The third-order valence-corrected chi connectivity index (χ3v) is 5.34. The third kappa shape index (κ3) is 3.79. The number of nitrogens with two attached hydrogens (primary N) is 1. The van der Waals surface area contributed by atoms with Gasteiger partial charge in [0.1, 0.15) is 11.8 Å². The number of fused-ring (bicyclic) bond motifs is 1. The summed E-state index contributed by atoms with van der Waals surface area (Å²) >= 11 is 0. The molecular weight excluding hydrogens is 374 g/mol. The lowest BCUT2D eigenvalue weighted by atomic mass is 10.0. The number of piperidine rings is 1. The minimum Gasteiger partial charge on any atom is -0.448 e. The van der Waals surface area contributed by atoms with Gasteiger partial charge in [0.2, 0.25) is 11.8 Å². The summed E-state index contributed by atoms with van der Waals surface area (Å²) < 4.78 is 5.34. The Bertz CT molecular complexity index is 954. The van der Waals surface area contributed by atoms with E-state index in [1.165, 1.54) is 6.39 Å². The molecule has 1 aromatic heterocycles. The standard InChI is InChI=1S/C20H23N5O4/c21-7-6-16-14(23-11-29-16)9-22-8-12-2-1-3-13-10-25(20(28)18(12)13)15-4-5-17(26)24-19(15)27/h1-3,11,15,22H,4-10,21H2,(H,24,26,27). The van der Waals surface area contributed by atoms with Crippen LogP contribution < -0.4 is 16.4 Å². The van der Waals surface area contributed by atoms with E-state index in [2.05, 4.69) is 15.6 Å². The molecule has 29 heavy (non-hydrogen) atoms. The monoisotopic (exact) mass is 397 g/mol. The van der Waals surface area contributed by atoms with E-state index < -0.39 is 11.9 Å². The minimum absolute atomic E-state index is 0.169. The summed E-state index contributed by atoms with van der Waals surface area (Å²) in [7, 11) is 0. The fraction of sp³-hybridized carbons (Fsp3) is 0.400. The summed E-state index contributed by atoms with van der Waals surface area (Å²) in [5.41, 5.74) is 8.78. The molecule has 0 aliphatic carbocycles. The number of imide groups is 1. The predicted octanol–water partition coefficient (Wildman–Crippen LogP) is 0.227. The van der Waals surface area contributed by atoms with Crippen LogP contribution in [0.2, 0.25) is 0 Å². The number of rotatable bonds is 7. The van der Waals surface area contributed by atoms with E-state index >= 15 is 0 Å². The van der Waals surface area contributed by atoms with Gasteiger partial charge in [0.05, 0.1) is 5.69 Å². The number of benzene rings is 1. The van der Waals surface area contributed by atoms with Crippen molar-refractivity contribution in [1.82, 2.24) is 20.5 Å². The van der Waals surface area contributed by atoms with E-state index in [0.717, 1.165) is 22.6 Å². The fourth-order valence-electron chi connectivity index (χ4n) is 3.92. The predicted molar refractivity (Wildman–Crippen MR) is 102 cm³/mol. The molecule has 152 valence electrons. The summed E-state index contributed by atoms with van der Waals surface area (Å²) in [6.07, 6.45) is 2.63. The number of nitrogens with one attached hydrogen (secondary N) is 2. The van der Waals surface area contributed by atoms with E-state index in [1.54, 1.807) is 4.90 Å². The summed E-state index contributed by atoms with van der Waals surface area (Å²) in [5.74, 6) is -0.0988. The van der Waals surface area contributed by atoms with Crippen LogP contribution in [0.15, 0.2) is 29.0 Å². The summed E-state index contributed by atoms with van der Waals surface area (Å²) in [4.78, 5) is 42.4. The molecule has 1 unspecified atom stereocenters. The van der Waals surface area contributed by atoms with Crippen LogP contribution in [0.5, 0.6) is 0 Å². The molecule has 1 fully saturated rings. The maximum Gasteiger partial charge on any atom is 0.255 e. The van der Waals surface area contributed by atoms with Crippen molar-refractivity contribution in [2.24, 2.45) is 5.73 Å². The summed E-state index contributed by atoms with van der Waals surface area (Å²) in [6.45, 7) is 1.84. The summed E-state index contributed by atoms with van der Waals surface area (Å²) in [5, 5.41) is 5.63. The van der Waals surface area contributed by atoms with Gasteiger partial charge in [0, 0.05) is 38.0 Å². The van der Waals surface area contributed by atoms with Gasteiger partial charge in [-0.3, -0.25) is 19.7 Å². The average molecular weight is 397 g/mol. The van der Waals surface area contributed by atoms with Crippen molar-refractivity contribution in [2.45, 2.75) is 44.9 Å². The van der Waals surface area contributed by atoms with Crippen LogP contribution in [0.1, 0.15) is 45.8 Å². The van der Waals surface area contributed by atoms with Gasteiger partial charge < -0.3 is 20.4 Å². The zero-order valence-corrected chi connectivity index (χ0v) is 15.9. The maximum atomic E-state index is 13.1. The molecule has 1 aromatic carbocycles. The number of carbonyl (C=O) groups excluding carboxylic acids is 3. The first-order valence-electron chi connectivity index (χ1n) is 9.66. The van der Waals surface area contributed by atoms with Crippen molar-refractivity contribution in [3.05, 3.63) is 52.7 Å². The number of nitrogens with zero attached hydrogens (tertiary/aromatic N) is 2. The Morgan fingerprint density at radius 2 is 2.14 bits per heavy atom. The van der Waals surface area contributed by atoms with Crippen molar-refractivity contribution >= 4 is 17.7 Å². The van der Waals surface area contributed by atoms with Crippen molar-refractivity contribution in [2.75, 3.05) is 6.54 Å². The van der Waals surface area contributed by atoms with Gasteiger partial charge in [0.15, 0.2) is 6.39 Å². The zero-order chi connectivity index (χ0) is 20.4. The highest BCUT2D eigenvalue weighted by Gasteiger charge is 2.39. The molecule has 3 amide bonds. The van der Waals surface area contributed by atoms with Crippen LogP contribution in [0.4, 0.5) is 0 Å². The Morgan fingerprint density at radius 3 is 2.93 bits per heavy atom. The Hall–Kier alpha value is -3.04. The average Bonchev–Trinajstić information content (AvgIpc) is 3.27. The Morgan fingerprint density at radius 1 is 1.28 bits per heavy atom. The van der Waals surface area contributed by atoms with Gasteiger partial charge in [-0.05, 0) is 24.1 Å². The highest BCUT2D eigenvalue weighted by Crippen LogP contribution is 2.29. The van der Waals surface area contributed by atoms with Crippen LogP contribution in [0, 0.1) is 0 Å². The number of oxazole rings is 1. The number of hydrogen-bond acceptors (Lipinski definition) is 7. The molecule has 1 atom stereocenters. The quantitative estimate of drug-likeness (QED) is 0.570. The van der Waals surface area contributed by atoms with Crippen LogP contribution in [0.3, 0.4) is 0 Å². The van der Waals surface area contributed by atoms with Gasteiger partial charge in [-0.1, -0.05) is 18.2 Å². The van der Waals surface area contributed by atoms with Crippen LogP contribution in [0.25, 0.3) is 0 Å².